The zero-order chi connectivity index (χ0) is 11.9. The summed E-state index contributed by atoms with van der Waals surface area (Å²) in [4.78, 5) is 2.49. The van der Waals surface area contributed by atoms with Crippen molar-refractivity contribution in [2.45, 2.75) is 47.0 Å². The molecular weight excluding hydrogens is 212 g/mol. The molecule has 0 aliphatic carbocycles. The van der Waals surface area contributed by atoms with Gasteiger partial charge in [0.2, 0.25) is 0 Å². The summed E-state index contributed by atoms with van der Waals surface area (Å²) in [6.45, 7) is 10.6. The molecule has 0 saturated carbocycles. The van der Waals surface area contributed by atoms with Crippen molar-refractivity contribution in [3.8, 4) is 0 Å². The molecule has 0 atom stereocenters. The molecule has 0 bridgehead atoms. The number of aliphatic hydroxyl groups excluding tert-OH is 1. The van der Waals surface area contributed by atoms with Gasteiger partial charge in [-0.2, -0.15) is 0 Å². The second kappa shape index (κ2) is 8.90. The van der Waals surface area contributed by atoms with E-state index in [-0.39, 0.29) is 7.43 Å². The quantitative estimate of drug-likeness (QED) is 0.798. The molecule has 2 fully saturated rings. The third-order valence-corrected chi connectivity index (χ3v) is 3.55. The first-order valence-electron chi connectivity index (χ1n) is 6.80. The Morgan fingerprint density at radius 2 is 1.71 bits per heavy atom. The molecule has 0 aromatic rings. The van der Waals surface area contributed by atoms with Crippen molar-refractivity contribution >= 4 is 0 Å². The van der Waals surface area contributed by atoms with Gasteiger partial charge in [0.15, 0.2) is 0 Å². The molecular formula is C14H32N2O. The maximum atomic E-state index is 8.72. The smallest absolute Gasteiger partial charge is 0.0443 e. The second-order valence-electron chi connectivity index (χ2n) is 5.23. The van der Waals surface area contributed by atoms with Gasteiger partial charge in [-0.3, -0.25) is 0 Å². The van der Waals surface area contributed by atoms with Gasteiger partial charge in [0.25, 0.3) is 0 Å². The van der Waals surface area contributed by atoms with Crippen molar-refractivity contribution in [2.75, 3.05) is 39.3 Å². The number of nitrogens with one attached hydrogen (secondary N) is 1. The molecule has 0 aromatic heterocycles. The molecule has 2 aliphatic rings. The van der Waals surface area contributed by atoms with Crippen LogP contribution in [0.4, 0.5) is 0 Å². The summed E-state index contributed by atoms with van der Waals surface area (Å²) in [5.74, 6) is 0. The number of aliphatic hydroxyl groups is 1. The van der Waals surface area contributed by atoms with E-state index in [1.165, 1.54) is 45.4 Å². The first kappa shape index (κ1) is 16.9. The predicted octanol–water partition coefficient (Wildman–Crippen LogP) is 2.11. The number of hydrogen-bond acceptors (Lipinski definition) is 3. The average Bonchev–Trinajstić information content (AvgIpc) is 2.26. The normalized spacial score (nSPS) is 22.1. The van der Waals surface area contributed by atoms with E-state index >= 15 is 0 Å². The highest BCUT2D eigenvalue weighted by Crippen LogP contribution is 2.34. The van der Waals surface area contributed by atoms with Crippen molar-refractivity contribution in [2.24, 2.45) is 5.41 Å². The van der Waals surface area contributed by atoms with Gasteiger partial charge in [-0.1, -0.05) is 27.7 Å². The van der Waals surface area contributed by atoms with Crippen molar-refractivity contribution in [3.63, 3.8) is 0 Å². The molecule has 2 saturated heterocycles. The van der Waals surface area contributed by atoms with Crippen molar-refractivity contribution < 1.29 is 5.11 Å². The molecule has 17 heavy (non-hydrogen) atoms. The minimum atomic E-state index is 0. The first-order chi connectivity index (χ1) is 7.76. The van der Waals surface area contributed by atoms with Gasteiger partial charge in [0.1, 0.15) is 0 Å². The van der Waals surface area contributed by atoms with E-state index in [1.54, 1.807) is 0 Å². The van der Waals surface area contributed by atoms with Crippen LogP contribution < -0.4 is 5.32 Å². The summed E-state index contributed by atoms with van der Waals surface area (Å²) in [7, 11) is 0. The molecule has 3 nitrogen and oxygen atoms in total. The Balaban J connectivity index is 0.000000583. The Morgan fingerprint density at radius 3 is 2.06 bits per heavy atom. The number of likely N-dealkylation sites (tertiary alicyclic amines) is 1. The Kier molecular flexibility index (Phi) is 8.83. The second-order valence-corrected chi connectivity index (χ2v) is 5.23. The van der Waals surface area contributed by atoms with Crippen molar-refractivity contribution in [3.05, 3.63) is 0 Å². The van der Waals surface area contributed by atoms with E-state index in [1.807, 2.05) is 0 Å². The Labute approximate surface area is 108 Å². The van der Waals surface area contributed by atoms with E-state index in [0.717, 1.165) is 13.0 Å². The van der Waals surface area contributed by atoms with Crippen LogP contribution in [0.3, 0.4) is 0 Å². The maximum Gasteiger partial charge on any atom is 0.0443 e. The highest BCUT2D eigenvalue weighted by molar-refractivity contribution is 4.95. The van der Waals surface area contributed by atoms with Gasteiger partial charge in [-0.15, -0.1) is 0 Å². The maximum absolute atomic E-state index is 8.72. The van der Waals surface area contributed by atoms with Crippen LogP contribution >= 0.6 is 0 Å². The molecule has 0 radical (unpaired) electrons. The zero-order valence-electron chi connectivity index (χ0n) is 11.0. The molecule has 2 aliphatic heterocycles. The van der Waals surface area contributed by atoms with E-state index < -0.39 is 0 Å². The van der Waals surface area contributed by atoms with Crippen LogP contribution in [0.1, 0.15) is 47.0 Å². The zero-order valence-corrected chi connectivity index (χ0v) is 11.0. The van der Waals surface area contributed by atoms with E-state index in [0.29, 0.717) is 12.0 Å². The molecule has 0 aromatic carbocycles. The third-order valence-electron chi connectivity index (χ3n) is 3.55. The monoisotopic (exact) mass is 244 g/mol. The fraction of sp³-hybridized carbons (Fsp3) is 1.00. The summed E-state index contributed by atoms with van der Waals surface area (Å²) >= 11 is 0. The standard InChI is InChI=1S/C10H20N2O.C3H8.CH4/c13-7-1-4-12-5-2-10(3-6-12)8-11-9-10;1-3-2;/h11,13H,1-9H2;3H2,1-2H3;1H4. The highest BCUT2D eigenvalue weighted by Gasteiger charge is 2.39. The molecule has 2 rings (SSSR count). The minimum absolute atomic E-state index is 0. The number of nitrogens with zero attached hydrogens (tertiary/aromatic N) is 1. The fourth-order valence-corrected chi connectivity index (χ4v) is 2.38. The lowest BCUT2D eigenvalue weighted by Gasteiger charge is -2.48. The van der Waals surface area contributed by atoms with Crippen molar-refractivity contribution in [1.82, 2.24) is 10.2 Å². The van der Waals surface area contributed by atoms with Gasteiger partial charge >= 0.3 is 0 Å². The lowest BCUT2D eigenvalue weighted by Crippen LogP contribution is -2.58. The van der Waals surface area contributed by atoms with Gasteiger partial charge in [-0.05, 0) is 37.8 Å². The molecule has 0 amide bonds. The minimum Gasteiger partial charge on any atom is -0.396 e. The largest absolute Gasteiger partial charge is 0.396 e. The summed E-state index contributed by atoms with van der Waals surface area (Å²) in [6.07, 6.45) is 4.89. The van der Waals surface area contributed by atoms with Crippen molar-refractivity contribution in [1.29, 1.82) is 0 Å². The fourth-order valence-electron chi connectivity index (χ4n) is 2.38. The summed E-state index contributed by atoms with van der Waals surface area (Å²) in [5.41, 5.74) is 0.662. The lowest BCUT2D eigenvalue weighted by atomic mass is 9.73. The number of hydrogen-bond donors (Lipinski definition) is 2. The van der Waals surface area contributed by atoms with Crippen LogP contribution in [0.25, 0.3) is 0 Å². The van der Waals surface area contributed by atoms with E-state index in [9.17, 15) is 0 Å². The van der Waals surface area contributed by atoms with Crippen LogP contribution in [-0.4, -0.2) is 49.3 Å². The molecule has 0 unspecified atom stereocenters. The third kappa shape index (κ3) is 5.36. The summed E-state index contributed by atoms with van der Waals surface area (Å²) in [6, 6.07) is 0. The summed E-state index contributed by atoms with van der Waals surface area (Å²) < 4.78 is 0. The number of piperidine rings is 1. The predicted molar refractivity (Wildman–Crippen MR) is 75.4 cm³/mol. The van der Waals surface area contributed by atoms with Crippen LogP contribution in [0.2, 0.25) is 0 Å². The molecule has 2 heterocycles. The molecule has 2 N–H and O–H groups in total. The van der Waals surface area contributed by atoms with Gasteiger partial charge < -0.3 is 15.3 Å². The van der Waals surface area contributed by atoms with Gasteiger partial charge in [0.05, 0.1) is 0 Å². The topological polar surface area (TPSA) is 35.5 Å². The molecule has 3 heteroatoms. The van der Waals surface area contributed by atoms with Crippen LogP contribution in [0.15, 0.2) is 0 Å². The SMILES string of the molecule is C.CCC.OCCCN1CCC2(CC1)CNC2. The molecule has 104 valence electrons. The lowest BCUT2D eigenvalue weighted by molar-refractivity contribution is 0.0528. The van der Waals surface area contributed by atoms with Gasteiger partial charge in [0, 0.05) is 26.2 Å². The van der Waals surface area contributed by atoms with E-state index in [4.69, 9.17) is 5.11 Å². The first-order valence-corrected chi connectivity index (χ1v) is 6.80. The Bertz CT molecular complexity index is 171. The average molecular weight is 244 g/mol. The summed E-state index contributed by atoms with van der Waals surface area (Å²) in [5, 5.41) is 12.1. The molecule has 1 spiro atoms. The van der Waals surface area contributed by atoms with E-state index in [2.05, 4.69) is 24.1 Å². The van der Waals surface area contributed by atoms with Crippen LogP contribution in [0.5, 0.6) is 0 Å². The Morgan fingerprint density at radius 1 is 1.18 bits per heavy atom. The Hall–Kier alpha value is -0.120. The highest BCUT2D eigenvalue weighted by atomic mass is 16.3. The van der Waals surface area contributed by atoms with Crippen LogP contribution in [0, 0.1) is 5.41 Å². The van der Waals surface area contributed by atoms with Gasteiger partial charge in [-0.25, -0.2) is 0 Å². The number of rotatable bonds is 3. The van der Waals surface area contributed by atoms with Crippen LogP contribution in [-0.2, 0) is 0 Å².